The molecule has 0 saturated carbocycles. The maximum Gasteiger partial charge on any atom is 0.259 e. The van der Waals surface area contributed by atoms with Crippen molar-refractivity contribution in [1.29, 1.82) is 0 Å². The molecule has 5 heteroatoms. The predicted octanol–water partition coefficient (Wildman–Crippen LogP) is 2.85. The summed E-state index contributed by atoms with van der Waals surface area (Å²) in [4.78, 5) is 13.9. The molecule has 104 valence electrons. The van der Waals surface area contributed by atoms with Gasteiger partial charge in [-0.25, -0.2) is 4.39 Å². The van der Waals surface area contributed by atoms with E-state index in [2.05, 4.69) is 5.32 Å². The van der Waals surface area contributed by atoms with E-state index in [-0.39, 0.29) is 11.3 Å². The first-order chi connectivity index (χ1) is 9.47. The number of nitrogens with one attached hydrogen (secondary N) is 1. The molecule has 0 bridgehead atoms. The zero-order chi connectivity index (χ0) is 14.7. The molecule has 0 aromatic heterocycles. The van der Waals surface area contributed by atoms with E-state index in [0.29, 0.717) is 5.69 Å². The number of rotatable bonds is 3. The molecule has 0 unspecified atom stereocenters. The van der Waals surface area contributed by atoms with Crippen LogP contribution in [-0.2, 0) is 0 Å². The van der Waals surface area contributed by atoms with Crippen LogP contribution in [-0.4, -0.2) is 25.1 Å². The highest BCUT2D eigenvalue weighted by Crippen LogP contribution is 2.21. The average Bonchev–Trinajstić information content (AvgIpc) is 2.38. The summed E-state index contributed by atoms with van der Waals surface area (Å²) in [6.45, 7) is 0. The quantitative estimate of drug-likeness (QED) is 0.905. The van der Waals surface area contributed by atoms with E-state index in [1.165, 1.54) is 6.07 Å². The average molecular weight is 274 g/mol. The summed E-state index contributed by atoms with van der Waals surface area (Å²) in [5, 5.41) is 12.2. The summed E-state index contributed by atoms with van der Waals surface area (Å²) in [5.74, 6) is -1.46. The third-order valence-electron chi connectivity index (χ3n) is 2.82. The highest BCUT2D eigenvalue weighted by molar-refractivity contribution is 6.06. The van der Waals surface area contributed by atoms with Crippen LogP contribution in [0.5, 0.6) is 5.75 Å². The van der Waals surface area contributed by atoms with E-state index in [0.717, 1.165) is 17.8 Å². The van der Waals surface area contributed by atoms with Crippen LogP contribution < -0.4 is 10.2 Å². The molecule has 0 radical (unpaired) electrons. The van der Waals surface area contributed by atoms with Crippen molar-refractivity contribution in [3.05, 3.63) is 53.8 Å². The van der Waals surface area contributed by atoms with Gasteiger partial charge in [0.2, 0.25) is 0 Å². The van der Waals surface area contributed by atoms with Gasteiger partial charge in [-0.3, -0.25) is 4.79 Å². The summed E-state index contributed by atoms with van der Waals surface area (Å²) in [5.41, 5.74) is 1.57. The Morgan fingerprint density at radius 2 is 1.95 bits per heavy atom. The Morgan fingerprint density at radius 3 is 2.60 bits per heavy atom. The number of nitrogens with zero attached hydrogens (tertiary/aromatic N) is 1. The van der Waals surface area contributed by atoms with Crippen molar-refractivity contribution in [3.63, 3.8) is 0 Å². The fourth-order valence-corrected chi connectivity index (χ4v) is 1.76. The predicted molar refractivity (Wildman–Crippen MR) is 76.8 cm³/mol. The molecule has 1 amide bonds. The van der Waals surface area contributed by atoms with Crippen LogP contribution in [0.15, 0.2) is 42.5 Å². The normalized spacial score (nSPS) is 10.2. The van der Waals surface area contributed by atoms with Crippen molar-refractivity contribution in [2.24, 2.45) is 0 Å². The van der Waals surface area contributed by atoms with Crippen molar-refractivity contribution in [3.8, 4) is 5.75 Å². The minimum atomic E-state index is -0.589. The molecule has 0 fully saturated rings. The smallest absolute Gasteiger partial charge is 0.259 e. The van der Waals surface area contributed by atoms with Gasteiger partial charge in [0.05, 0.1) is 5.56 Å². The fourth-order valence-electron chi connectivity index (χ4n) is 1.76. The second-order valence-corrected chi connectivity index (χ2v) is 4.56. The number of hydrogen-bond donors (Lipinski definition) is 2. The molecule has 4 nitrogen and oxygen atoms in total. The minimum Gasteiger partial charge on any atom is -0.507 e. The third-order valence-corrected chi connectivity index (χ3v) is 2.82. The number of anilines is 2. The molecule has 0 heterocycles. The molecule has 0 spiro atoms. The van der Waals surface area contributed by atoms with Gasteiger partial charge in [-0.2, -0.15) is 0 Å². The van der Waals surface area contributed by atoms with Crippen molar-refractivity contribution >= 4 is 17.3 Å². The number of hydrogen-bond acceptors (Lipinski definition) is 3. The van der Waals surface area contributed by atoms with Gasteiger partial charge in [0, 0.05) is 31.5 Å². The number of amides is 1. The Labute approximate surface area is 116 Å². The fraction of sp³-hybridized carbons (Fsp3) is 0.133. The second kappa shape index (κ2) is 5.61. The van der Waals surface area contributed by atoms with Gasteiger partial charge in [-0.05, 0) is 30.3 Å². The van der Waals surface area contributed by atoms with Gasteiger partial charge in [0.1, 0.15) is 11.6 Å². The summed E-state index contributed by atoms with van der Waals surface area (Å²) < 4.78 is 12.9. The molecule has 0 aliphatic rings. The molecule has 0 saturated heterocycles. The van der Waals surface area contributed by atoms with Crippen molar-refractivity contribution in [2.75, 3.05) is 24.3 Å². The number of halogens is 1. The van der Waals surface area contributed by atoms with E-state index in [9.17, 15) is 14.3 Å². The van der Waals surface area contributed by atoms with E-state index >= 15 is 0 Å². The second-order valence-electron chi connectivity index (χ2n) is 4.56. The molecule has 2 N–H and O–H groups in total. The molecule has 2 rings (SSSR count). The number of aromatic hydroxyl groups is 1. The van der Waals surface area contributed by atoms with Gasteiger partial charge < -0.3 is 15.3 Å². The van der Waals surface area contributed by atoms with Gasteiger partial charge in [-0.15, -0.1) is 0 Å². The highest BCUT2D eigenvalue weighted by atomic mass is 19.1. The van der Waals surface area contributed by atoms with E-state index in [1.54, 1.807) is 12.1 Å². The Morgan fingerprint density at radius 1 is 1.20 bits per heavy atom. The first kappa shape index (κ1) is 13.9. The van der Waals surface area contributed by atoms with Gasteiger partial charge in [0.25, 0.3) is 5.91 Å². The van der Waals surface area contributed by atoms with Crippen LogP contribution >= 0.6 is 0 Å². The standard InChI is InChI=1S/C15H15FN2O2/c1-18(2)12-5-3-4-11(9-12)17-15(20)13-7-6-10(16)8-14(13)19/h3-9,19H,1-2H3,(H,17,20). The SMILES string of the molecule is CN(C)c1cccc(NC(=O)c2ccc(F)cc2O)c1. The Bertz CT molecular complexity index is 642. The van der Waals surface area contributed by atoms with Gasteiger partial charge >= 0.3 is 0 Å². The first-order valence-corrected chi connectivity index (χ1v) is 6.04. The third kappa shape index (κ3) is 3.06. The van der Waals surface area contributed by atoms with Crippen LogP contribution in [0.2, 0.25) is 0 Å². The molecule has 2 aromatic carbocycles. The first-order valence-electron chi connectivity index (χ1n) is 6.04. The lowest BCUT2D eigenvalue weighted by molar-refractivity contribution is 0.102. The monoisotopic (exact) mass is 274 g/mol. The summed E-state index contributed by atoms with van der Waals surface area (Å²) in [6, 6.07) is 10.6. The van der Waals surface area contributed by atoms with Crippen LogP contribution in [0.4, 0.5) is 15.8 Å². The van der Waals surface area contributed by atoms with Crippen LogP contribution in [0.25, 0.3) is 0 Å². The summed E-state index contributed by atoms with van der Waals surface area (Å²) in [7, 11) is 3.79. The molecule has 0 aliphatic carbocycles. The van der Waals surface area contributed by atoms with Gasteiger partial charge in [-0.1, -0.05) is 6.07 Å². The van der Waals surface area contributed by atoms with E-state index in [1.807, 2.05) is 31.1 Å². The molecular weight excluding hydrogens is 259 g/mol. The number of phenols is 1. The zero-order valence-electron chi connectivity index (χ0n) is 11.2. The lowest BCUT2D eigenvalue weighted by Crippen LogP contribution is -2.13. The lowest BCUT2D eigenvalue weighted by atomic mass is 10.1. The number of benzene rings is 2. The largest absolute Gasteiger partial charge is 0.507 e. The summed E-state index contributed by atoms with van der Waals surface area (Å²) in [6.07, 6.45) is 0. The number of carbonyl (C=O) groups excluding carboxylic acids is 1. The topological polar surface area (TPSA) is 52.6 Å². The van der Waals surface area contributed by atoms with Crippen LogP contribution in [0, 0.1) is 5.82 Å². The maximum absolute atomic E-state index is 12.9. The Hall–Kier alpha value is -2.56. The van der Waals surface area contributed by atoms with E-state index in [4.69, 9.17) is 0 Å². The Kier molecular flexibility index (Phi) is 3.89. The molecule has 0 atom stereocenters. The van der Waals surface area contributed by atoms with Crippen molar-refractivity contribution in [2.45, 2.75) is 0 Å². The molecular formula is C15H15FN2O2. The zero-order valence-corrected chi connectivity index (χ0v) is 11.2. The number of carbonyl (C=O) groups is 1. The lowest BCUT2D eigenvalue weighted by Gasteiger charge is -2.14. The van der Waals surface area contributed by atoms with Crippen molar-refractivity contribution in [1.82, 2.24) is 0 Å². The minimum absolute atomic E-state index is 0.0293. The van der Waals surface area contributed by atoms with E-state index < -0.39 is 11.7 Å². The molecule has 20 heavy (non-hydrogen) atoms. The van der Waals surface area contributed by atoms with Gasteiger partial charge in [0.15, 0.2) is 0 Å². The number of phenolic OH excluding ortho intramolecular Hbond substituents is 1. The molecule has 2 aromatic rings. The van der Waals surface area contributed by atoms with Crippen molar-refractivity contribution < 1.29 is 14.3 Å². The highest BCUT2D eigenvalue weighted by Gasteiger charge is 2.12. The Balaban J connectivity index is 2.21. The summed E-state index contributed by atoms with van der Waals surface area (Å²) >= 11 is 0. The van der Waals surface area contributed by atoms with Crippen LogP contribution in [0.3, 0.4) is 0 Å². The molecule has 0 aliphatic heterocycles. The maximum atomic E-state index is 12.9. The van der Waals surface area contributed by atoms with Crippen LogP contribution in [0.1, 0.15) is 10.4 Å².